The number of para-hydroxylation sites is 1. The molecule has 2 aliphatic rings. The number of ether oxygens (including phenoxy) is 1. The maximum Gasteiger partial charge on any atom is 0.354 e. The van der Waals surface area contributed by atoms with Crippen molar-refractivity contribution < 1.29 is 23.9 Å². The molecule has 0 unspecified atom stereocenters. The molecule has 0 spiro atoms. The highest BCUT2D eigenvalue weighted by atomic mass is 16.5. The van der Waals surface area contributed by atoms with Gasteiger partial charge in [0.05, 0.1) is 11.3 Å². The number of anilines is 1. The van der Waals surface area contributed by atoms with Gasteiger partial charge in [-0.3, -0.25) is 19.3 Å². The number of carbonyl (C=O) groups excluding carboxylic acids is 4. The number of benzene rings is 1. The molecular weight excluding hydrogens is 386 g/mol. The zero-order valence-corrected chi connectivity index (χ0v) is 17.9. The number of nitrogens with zero attached hydrogens (tertiary/aromatic N) is 2. The first-order valence-electron chi connectivity index (χ1n) is 10.4. The van der Waals surface area contributed by atoms with Crippen LogP contribution < -0.4 is 10.2 Å². The van der Waals surface area contributed by atoms with Crippen molar-refractivity contribution in [2.75, 3.05) is 18.1 Å². The Morgan fingerprint density at radius 1 is 1.20 bits per heavy atom. The number of hydrogen-bond acceptors (Lipinski definition) is 5. The van der Waals surface area contributed by atoms with Crippen molar-refractivity contribution in [3.05, 3.63) is 29.8 Å². The normalized spacial score (nSPS) is 21.4. The Balaban J connectivity index is 1.97. The third-order valence-electron chi connectivity index (χ3n) is 5.60. The van der Waals surface area contributed by atoms with Gasteiger partial charge in [0, 0.05) is 25.4 Å². The van der Waals surface area contributed by atoms with Gasteiger partial charge in [-0.05, 0) is 31.4 Å². The van der Waals surface area contributed by atoms with Gasteiger partial charge in [-0.25, -0.2) is 4.79 Å². The predicted octanol–water partition coefficient (Wildman–Crippen LogP) is 2.08. The summed E-state index contributed by atoms with van der Waals surface area (Å²) in [6.45, 7) is 7.49. The van der Waals surface area contributed by atoms with E-state index in [2.05, 4.69) is 5.32 Å². The summed E-state index contributed by atoms with van der Waals surface area (Å²) in [7, 11) is 0. The molecular formula is C22H29N3O5. The average Bonchev–Trinajstić information content (AvgIpc) is 3.07. The minimum Gasteiger partial charge on any atom is -0.452 e. The second kappa shape index (κ2) is 8.45. The first-order chi connectivity index (χ1) is 14.2. The van der Waals surface area contributed by atoms with Crippen LogP contribution >= 0.6 is 0 Å². The lowest BCUT2D eigenvalue weighted by Gasteiger charge is -2.48. The number of nitrogens with one attached hydrogen (secondary N) is 1. The standard InChI is InChI=1S/C22H29N3O5/c1-5-15(4)23-18(26)13-30-21(29)22-11-10-19(27)25(22)17-9-7-6-8-16(17)20(28)24(22)12-14(2)3/h6-9,14-15H,5,10-13H2,1-4H3,(H,23,26)/t15-,22+/m1/s1. The van der Waals surface area contributed by atoms with Crippen LogP contribution in [0.2, 0.25) is 0 Å². The van der Waals surface area contributed by atoms with E-state index in [0.717, 1.165) is 6.42 Å². The van der Waals surface area contributed by atoms with Crippen molar-refractivity contribution in [2.45, 2.75) is 58.7 Å². The maximum absolute atomic E-state index is 13.4. The van der Waals surface area contributed by atoms with E-state index in [4.69, 9.17) is 4.74 Å². The van der Waals surface area contributed by atoms with Crippen molar-refractivity contribution in [3.63, 3.8) is 0 Å². The molecule has 3 amide bonds. The third-order valence-corrected chi connectivity index (χ3v) is 5.60. The molecule has 0 radical (unpaired) electrons. The van der Waals surface area contributed by atoms with Gasteiger partial charge >= 0.3 is 5.97 Å². The van der Waals surface area contributed by atoms with E-state index in [9.17, 15) is 19.2 Å². The number of carbonyl (C=O) groups is 4. The molecule has 1 N–H and O–H groups in total. The summed E-state index contributed by atoms with van der Waals surface area (Å²) in [4.78, 5) is 54.5. The fourth-order valence-corrected chi connectivity index (χ4v) is 4.03. The molecule has 1 aromatic rings. The molecule has 8 heteroatoms. The molecule has 1 saturated heterocycles. The molecule has 2 aliphatic heterocycles. The molecule has 1 aromatic carbocycles. The Kier molecular flexibility index (Phi) is 6.14. The van der Waals surface area contributed by atoms with Gasteiger partial charge in [-0.1, -0.05) is 32.9 Å². The van der Waals surface area contributed by atoms with Crippen LogP contribution in [0.25, 0.3) is 0 Å². The quantitative estimate of drug-likeness (QED) is 0.688. The van der Waals surface area contributed by atoms with Crippen molar-refractivity contribution in [3.8, 4) is 0 Å². The highest BCUT2D eigenvalue weighted by Gasteiger charge is 2.62. The number of esters is 1. The van der Waals surface area contributed by atoms with Crippen LogP contribution in [-0.2, 0) is 19.1 Å². The predicted molar refractivity (Wildman–Crippen MR) is 111 cm³/mol. The lowest BCUT2D eigenvalue weighted by Crippen LogP contribution is -2.69. The van der Waals surface area contributed by atoms with Crippen molar-refractivity contribution in [1.29, 1.82) is 0 Å². The average molecular weight is 415 g/mol. The number of fused-ring (bicyclic) bond motifs is 3. The molecule has 162 valence electrons. The Hall–Kier alpha value is -2.90. The van der Waals surface area contributed by atoms with Crippen molar-refractivity contribution in [2.24, 2.45) is 5.92 Å². The smallest absolute Gasteiger partial charge is 0.354 e. The van der Waals surface area contributed by atoms with E-state index < -0.39 is 24.1 Å². The fourth-order valence-electron chi connectivity index (χ4n) is 4.03. The van der Waals surface area contributed by atoms with Crippen LogP contribution in [0.3, 0.4) is 0 Å². The number of amides is 3. The van der Waals surface area contributed by atoms with Gasteiger partial charge < -0.3 is 15.0 Å². The summed E-state index contributed by atoms with van der Waals surface area (Å²) in [5.74, 6) is -1.66. The van der Waals surface area contributed by atoms with Crippen LogP contribution in [0.15, 0.2) is 24.3 Å². The van der Waals surface area contributed by atoms with Gasteiger partial charge in [-0.2, -0.15) is 0 Å². The molecule has 0 bridgehead atoms. The van der Waals surface area contributed by atoms with E-state index in [0.29, 0.717) is 11.3 Å². The van der Waals surface area contributed by atoms with E-state index in [-0.39, 0.29) is 43.2 Å². The summed E-state index contributed by atoms with van der Waals surface area (Å²) in [6.07, 6.45) is 0.994. The molecule has 2 heterocycles. The monoisotopic (exact) mass is 415 g/mol. The first-order valence-corrected chi connectivity index (χ1v) is 10.4. The Morgan fingerprint density at radius 3 is 2.57 bits per heavy atom. The SMILES string of the molecule is CC[C@@H](C)NC(=O)COC(=O)[C@]12CCC(=O)N1c1ccccc1C(=O)N2CC(C)C. The summed E-state index contributed by atoms with van der Waals surface area (Å²) >= 11 is 0. The van der Waals surface area contributed by atoms with Crippen LogP contribution in [-0.4, -0.2) is 53.4 Å². The van der Waals surface area contributed by atoms with Crippen molar-refractivity contribution >= 4 is 29.4 Å². The van der Waals surface area contributed by atoms with Crippen LogP contribution in [0, 0.1) is 5.92 Å². The van der Waals surface area contributed by atoms with Crippen LogP contribution in [0.1, 0.15) is 57.3 Å². The summed E-state index contributed by atoms with van der Waals surface area (Å²) < 4.78 is 5.38. The van der Waals surface area contributed by atoms with E-state index in [1.165, 1.54) is 9.80 Å². The fraction of sp³-hybridized carbons (Fsp3) is 0.545. The second-order valence-corrected chi connectivity index (χ2v) is 8.33. The molecule has 30 heavy (non-hydrogen) atoms. The zero-order chi connectivity index (χ0) is 22.1. The van der Waals surface area contributed by atoms with Crippen molar-refractivity contribution in [1.82, 2.24) is 10.2 Å². The number of hydrogen-bond donors (Lipinski definition) is 1. The minimum absolute atomic E-state index is 0.0421. The Morgan fingerprint density at radius 2 is 1.90 bits per heavy atom. The molecule has 0 saturated carbocycles. The molecule has 1 fully saturated rings. The highest BCUT2D eigenvalue weighted by molar-refractivity contribution is 6.15. The van der Waals surface area contributed by atoms with Crippen LogP contribution in [0.4, 0.5) is 5.69 Å². The topological polar surface area (TPSA) is 96.0 Å². The molecule has 8 nitrogen and oxygen atoms in total. The molecule has 2 atom stereocenters. The minimum atomic E-state index is -1.57. The Labute approximate surface area is 176 Å². The van der Waals surface area contributed by atoms with Gasteiger partial charge in [0.2, 0.25) is 11.6 Å². The van der Waals surface area contributed by atoms with E-state index in [1.54, 1.807) is 24.3 Å². The third kappa shape index (κ3) is 3.66. The molecule has 3 rings (SSSR count). The summed E-state index contributed by atoms with van der Waals surface area (Å²) in [5.41, 5.74) is -0.777. The largest absolute Gasteiger partial charge is 0.452 e. The molecule has 0 aliphatic carbocycles. The number of rotatable bonds is 7. The zero-order valence-electron chi connectivity index (χ0n) is 17.9. The Bertz CT molecular complexity index is 868. The second-order valence-electron chi connectivity index (χ2n) is 8.33. The highest BCUT2D eigenvalue weighted by Crippen LogP contribution is 2.45. The molecule has 0 aromatic heterocycles. The van der Waals surface area contributed by atoms with E-state index in [1.807, 2.05) is 27.7 Å². The van der Waals surface area contributed by atoms with Gasteiger partial charge in [0.1, 0.15) is 0 Å². The van der Waals surface area contributed by atoms with Gasteiger partial charge in [-0.15, -0.1) is 0 Å². The van der Waals surface area contributed by atoms with E-state index >= 15 is 0 Å². The lowest BCUT2D eigenvalue weighted by molar-refractivity contribution is -0.160. The van der Waals surface area contributed by atoms with Gasteiger partial charge in [0.15, 0.2) is 6.61 Å². The van der Waals surface area contributed by atoms with Crippen LogP contribution in [0.5, 0.6) is 0 Å². The maximum atomic E-state index is 13.4. The van der Waals surface area contributed by atoms with Gasteiger partial charge in [0.25, 0.3) is 11.8 Å². The first kappa shape index (κ1) is 21.8. The summed E-state index contributed by atoms with van der Waals surface area (Å²) in [6, 6.07) is 6.74. The lowest BCUT2D eigenvalue weighted by atomic mass is 9.95. The summed E-state index contributed by atoms with van der Waals surface area (Å²) in [5, 5.41) is 2.74.